The molecule has 0 unspecified atom stereocenters. The molecule has 0 spiro atoms. The molecule has 0 saturated heterocycles. The molecule has 200 valence electrons. The van der Waals surface area contributed by atoms with Crippen LogP contribution >= 0.6 is 0 Å². The summed E-state index contributed by atoms with van der Waals surface area (Å²) in [7, 11) is -2.54. The predicted octanol–water partition coefficient (Wildman–Crippen LogP) is 1.83. The number of hydrogen-bond acceptors (Lipinski definition) is 8. The minimum Gasteiger partial charge on any atom is -0.343 e. The quantitative estimate of drug-likeness (QED) is 0.408. The third kappa shape index (κ3) is 5.52. The lowest BCUT2D eigenvalue weighted by Crippen LogP contribution is -2.58. The summed E-state index contributed by atoms with van der Waals surface area (Å²) in [4.78, 5) is 14.5. The van der Waals surface area contributed by atoms with Crippen molar-refractivity contribution in [2.45, 2.75) is 33.9 Å². The summed E-state index contributed by atoms with van der Waals surface area (Å²) in [6, 6.07) is 19.3. The number of aryl methyl sites for hydroxylation is 3. The van der Waals surface area contributed by atoms with Crippen molar-refractivity contribution in [3.8, 4) is 11.3 Å². The maximum Gasteiger partial charge on any atom is 0.174 e. The molecule has 1 N–H and O–H groups in total. The van der Waals surface area contributed by atoms with E-state index in [2.05, 4.69) is 102 Å². The van der Waals surface area contributed by atoms with Crippen molar-refractivity contribution in [3.05, 3.63) is 77.6 Å². The molecular weight excluding hydrogens is 506 g/mol. The zero-order valence-corrected chi connectivity index (χ0v) is 22.9. The Hall–Kier alpha value is -3.47. The molecule has 0 aliphatic carbocycles. The average Bonchev–Trinajstić information content (AvgIpc) is 3.32. The largest absolute Gasteiger partial charge is 0.343 e. The van der Waals surface area contributed by atoms with Crippen molar-refractivity contribution in [2.24, 2.45) is 7.05 Å². The van der Waals surface area contributed by atoms with Crippen LogP contribution in [0.1, 0.15) is 30.8 Å². The van der Waals surface area contributed by atoms with E-state index in [-0.39, 0.29) is 6.17 Å². The number of likely N-dealkylation sites (N-methyl/N-ethyl adjacent to an activating group) is 2. The number of hydrogen-bond donors (Lipinski definition) is 1. The van der Waals surface area contributed by atoms with Gasteiger partial charge in [0, 0.05) is 36.6 Å². The molecule has 10 heteroatoms. The molecule has 0 radical (unpaired) electrons. The number of anilines is 2. The standard InChI is InChI=1S/C28H31N5.ClHO4/c1-6-32-25(33(7-2)28-27(32)29-19(3)20(4)30-28)18-17-23-22-15-11-12-16-24(22)31(5)26(23)21-13-9-8-10-14-21;2-1(3,4)5/h8-18,25H,6-7H2,1-5H3;(H,2,3,4,5). The highest BCUT2D eigenvalue weighted by Crippen LogP contribution is 2.39. The van der Waals surface area contributed by atoms with Crippen molar-refractivity contribution in [1.82, 2.24) is 14.5 Å². The second-order valence-corrected chi connectivity index (χ2v) is 9.78. The van der Waals surface area contributed by atoms with Crippen LogP contribution in [-0.4, -0.2) is 38.4 Å². The normalized spacial score (nSPS) is 13.8. The molecule has 0 saturated carbocycles. The number of benzene rings is 2. The SMILES string of the molecule is CCN1c2nc(C)c(C)nc2N(CC)C1C=Cc1c(-c2ccccc2)n(C)c2ccccc12.[O-][Cl+3]([O-])([O-])O. The summed E-state index contributed by atoms with van der Waals surface area (Å²) in [5.41, 5.74) is 6.93. The van der Waals surface area contributed by atoms with E-state index in [4.69, 9.17) is 28.6 Å². The zero-order valence-electron chi connectivity index (χ0n) is 22.1. The summed E-state index contributed by atoms with van der Waals surface area (Å²) in [5.74, 6) is 1.97. The fourth-order valence-electron chi connectivity index (χ4n) is 4.98. The van der Waals surface area contributed by atoms with Gasteiger partial charge in [-0.1, -0.05) is 54.6 Å². The first-order valence-corrected chi connectivity index (χ1v) is 13.6. The van der Waals surface area contributed by atoms with Crippen LogP contribution in [0.2, 0.25) is 0 Å². The van der Waals surface area contributed by atoms with Gasteiger partial charge in [0.15, 0.2) is 11.6 Å². The molecule has 2 aromatic heterocycles. The van der Waals surface area contributed by atoms with Crippen molar-refractivity contribution in [3.63, 3.8) is 0 Å². The number of fused-ring (bicyclic) bond motifs is 2. The van der Waals surface area contributed by atoms with Crippen molar-refractivity contribution >= 4 is 28.6 Å². The van der Waals surface area contributed by atoms with E-state index in [9.17, 15) is 0 Å². The molecule has 38 heavy (non-hydrogen) atoms. The summed E-state index contributed by atoms with van der Waals surface area (Å²) >= 11 is 0. The third-order valence-electron chi connectivity index (χ3n) is 6.76. The van der Waals surface area contributed by atoms with E-state index in [0.717, 1.165) is 36.1 Å². The lowest BCUT2D eigenvalue weighted by molar-refractivity contribution is -1.92. The lowest BCUT2D eigenvalue weighted by atomic mass is 10.0. The van der Waals surface area contributed by atoms with Gasteiger partial charge in [0.05, 0.1) is 32.0 Å². The summed E-state index contributed by atoms with van der Waals surface area (Å²) < 4.78 is 35.0. The smallest absolute Gasteiger partial charge is 0.174 e. The molecule has 0 amide bonds. The van der Waals surface area contributed by atoms with Crippen LogP contribution in [-0.2, 0) is 7.05 Å². The Bertz CT molecular complexity index is 1410. The van der Waals surface area contributed by atoms with Gasteiger partial charge in [-0.05, 0) is 45.4 Å². The molecule has 0 atom stereocenters. The highest BCUT2D eigenvalue weighted by Gasteiger charge is 2.35. The van der Waals surface area contributed by atoms with Gasteiger partial charge in [-0.3, -0.25) is 0 Å². The van der Waals surface area contributed by atoms with Crippen LogP contribution in [0.15, 0.2) is 60.7 Å². The predicted molar refractivity (Wildman–Crippen MR) is 141 cm³/mol. The van der Waals surface area contributed by atoms with Crippen LogP contribution < -0.4 is 23.8 Å². The van der Waals surface area contributed by atoms with Gasteiger partial charge >= 0.3 is 0 Å². The molecule has 0 fully saturated rings. The molecule has 1 aliphatic heterocycles. The topological polar surface area (TPSA) is 127 Å². The average molecular weight is 538 g/mol. The van der Waals surface area contributed by atoms with Crippen LogP contribution in [0.5, 0.6) is 0 Å². The first kappa shape index (κ1) is 27.6. The second-order valence-electron chi connectivity index (χ2n) is 8.99. The van der Waals surface area contributed by atoms with E-state index >= 15 is 0 Å². The number of aromatic nitrogens is 3. The number of halogens is 1. The Labute approximate surface area is 224 Å². The van der Waals surface area contributed by atoms with E-state index in [0.29, 0.717) is 0 Å². The Balaban J connectivity index is 0.000000617. The maximum absolute atomic E-state index is 8.60. The Morgan fingerprint density at radius 2 is 1.37 bits per heavy atom. The Kier molecular flexibility index (Phi) is 8.05. The van der Waals surface area contributed by atoms with Crippen LogP contribution in [0.4, 0.5) is 11.6 Å². The van der Waals surface area contributed by atoms with Gasteiger partial charge < -0.3 is 14.4 Å². The molecule has 1 aliphatic rings. The van der Waals surface area contributed by atoms with Gasteiger partial charge in [-0.2, -0.15) is 14.0 Å². The van der Waals surface area contributed by atoms with Crippen molar-refractivity contribution in [1.29, 1.82) is 0 Å². The highest BCUT2D eigenvalue weighted by atomic mass is 35.7. The van der Waals surface area contributed by atoms with Gasteiger partial charge in [0.25, 0.3) is 0 Å². The van der Waals surface area contributed by atoms with Gasteiger partial charge in [-0.25, -0.2) is 9.97 Å². The molecule has 9 nitrogen and oxygen atoms in total. The molecule has 5 rings (SSSR count). The van der Waals surface area contributed by atoms with Gasteiger partial charge in [0.1, 0.15) is 6.17 Å². The minimum atomic E-state index is -4.69. The Morgan fingerprint density at radius 3 is 1.89 bits per heavy atom. The van der Waals surface area contributed by atoms with Crippen LogP contribution in [0.3, 0.4) is 0 Å². The number of para-hydroxylation sites is 1. The van der Waals surface area contributed by atoms with Crippen molar-refractivity contribution < 1.29 is 28.9 Å². The summed E-state index contributed by atoms with van der Waals surface area (Å²) in [6.45, 7) is 10.2. The maximum atomic E-state index is 8.60. The Morgan fingerprint density at radius 1 is 0.868 bits per heavy atom. The lowest BCUT2D eigenvalue weighted by Gasteiger charge is -2.28. The van der Waals surface area contributed by atoms with Crippen molar-refractivity contribution in [2.75, 3.05) is 22.9 Å². The molecule has 0 bridgehead atoms. The van der Waals surface area contributed by atoms with Crippen LogP contribution in [0, 0.1) is 24.1 Å². The van der Waals surface area contributed by atoms with Gasteiger partial charge in [0.2, 0.25) is 0 Å². The fourth-order valence-corrected chi connectivity index (χ4v) is 4.98. The summed E-state index contributed by atoms with van der Waals surface area (Å²) in [6.07, 6.45) is 4.69. The number of rotatable bonds is 5. The van der Waals surface area contributed by atoms with E-state index in [1.165, 1.54) is 27.7 Å². The van der Waals surface area contributed by atoms with E-state index in [1.54, 1.807) is 0 Å². The first-order valence-electron chi connectivity index (χ1n) is 12.4. The number of nitrogens with zero attached hydrogens (tertiary/aromatic N) is 5. The molecule has 3 heterocycles. The first-order chi connectivity index (χ1) is 18.0. The second kappa shape index (κ2) is 11.1. The van der Waals surface area contributed by atoms with Gasteiger partial charge in [-0.15, -0.1) is 0 Å². The van der Waals surface area contributed by atoms with E-state index < -0.39 is 10.2 Å². The monoisotopic (exact) mass is 537 g/mol. The molecular formula is C28H32ClN5O4. The third-order valence-corrected chi connectivity index (χ3v) is 6.76. The van der Waals surface area contributed by atoms with E-state index in [1.807, 2.05) is 13.8 Å². The minimum absolute atomic E-state index is 0.0822. The van der Waals surface area contributed by atoms with Crippen LogP contribution in [0.25, 0.3) is 28.2 Å². The summed E-state index contributed by atoms with van der Waals surface area (Å²) in [5, 5.41) is 1.26. The molecule has 2 aromatic carbocycles. The highest BCUT2D eigenvalue weighted by molar-refractivity contribution is 5.97. The fraction of sp³-hybridized carbons (Fsp3) is 0.286. The molecule has 4 aromatic rings. The zero-order chi connectivity index (χ0) is 27.6.